The van der Waals surface area contributed by atoms with Gasteiger partial charge in [-0.05, 0) is 128 Å². The first-order valence-electron chi connectivity index (χ1n) is 24.0. The minimum Gasteiger partial charge on any atom is -0.497 e. The van der Waals surface area contributed by atoms with Gasteiger partial charge >= 0.3 is 0 Å². The lowest BCUT2D eigenvalue weighted by Crippen LogP contribution is -2.20. The monoisotopic (exact) mass is 891 g/mol. The maximum absolute atomic E-state index is 5.46. The van der Waals surface area contributed by atoms with Gasteiger partial charge in [0, 0.05) is 46.5 Å². The van der Waals surface area contributed by atoms with Gasteiger partial charge in [0.05, 0.1) is 18.5 Å². The number of hydrogen-bond acceptors (Lipinski definition) is 3. The molecule has 0 fully saturated rings. The second-order valence-corrected chi connectivity index (χ2v) is 17.9. The maximum atomic E-state index is 5.46. The third kappa shape index (κ3) is 9.42. The first kappa shape index (κ1) is 44.7. The van der Waals surface area contributed by atoms with Crippen LogP contribution in [0.25, 0.3) is 89.3 Å². The minimum atomic E-state index is -0.122. The Morgan fingerprint density at radius 2 is 0.870 bits per heavy atom. The summed E-state index contributed by atoms with van der Waals surface area (Å²) < 4.78 is 5.46. The molecule has 69 heavy (non-hydrogen) atoms. The van der Waals surface area contributed by atoms with E-state index in [4.69, 9.17) is 14.7 Å². The van der Waals surface area contributed by atoms with Crippen LogP contribution in [0.5, 0.6) is 5.75 Å². The lowest BCUT2D eigenvalue weighted by molar-refractivity contribution is 0.414. The topological polar surface area (TPSA) is 35.0 Å². The zero-order chi connectivity index (χ0) is 47.3. The third-order valence-electron chi connectivity index (χ3n) is 13.4. The fraction of sp³-hybridized carbons (Fsp3) is 0.106. The fourth-order valence-corrected chi connectivity index (χ4v) is 9.41. The van der Waals surface area contributed by atoms with Gasteiger partial charge < -0.3 is 4.74 Å². The quantitative estimate of drug-likeness (QED) is 0.130. The summed E-state index contributed by atoms with van der Waals surface area (Å²) in [7, 11) is 1.71. The highest BCUT2D eigenvalue weighted by atomic mass is 16.5. The molecule has 0 aliphatic heterocycles. The van der Waals surface area contributed by atoms with Crippen molar-refractivity contribution in [1.82, 2.24) is 9.97 Å². The first-order chi connectivity index (χ1) is 33.9. The molecule has 0 bridgehead atoms. The number of nitrogens with zero attached hydrogens (tertiary/aromatic N) is 2. The second kappa shape index (κ2) is 19.6. The van der Waals surface area contributed by atoms with Crippen LogP contribution in [0, 0.1) is 13.3 Å². The Labute approximate surface area is 407 Å². The molecule has 1 radical (unpaired) electrons. The van der Waals surface area contributed by atoms with E-state index in [2.05, 4.69) is 233 Å². The Bertz CT molecular complexity index is 3360. The molecule has 1 unspecified atom stereocenters. The summed E-state index contributed by atoms with van der Waals surface area (Å²) in [6, 6.07) is 67.8. The van der Waals surface area contributed by atoms with E-state index in [1.807, 2.05) is 26.2 Å². The van der Waals surface area contributed by atoms with Crippen LogP contribution < -0.4 is 4.74 Å². The average Bonchev–Trinajstić information content (AvgIpc) is 4.28. The Hall–Kier alpha value is -8.14. The maximum Gasteiger partial charge on any atom is 0.118 e. The third-order valence-corrected chi connectivity index (χ3v) is 13.4. The molecule has 0 N–H and O–H groups in total. The van der Waals surface area contributed by atoms with Crippen molar-refractivity contribution in [2.24, 2.45) is 0 Å². The van der Waals surface area contributed by atoms with Crippen molar-refractivity contribution in [3.63, 3.8) is 0 Å². The van der Waals surface area contributed by atoms with Crippen molar-refractivity contribution in [3.05, 3.63) is 253 Å². The van der Waals surface area contributed by atoms with Gasteiger partial charge in [0.15, 0.2) is 0 Å². The number of rotatable bonds is 11. The highest BCUT2D eigenvalue weighted by Crippen LogP contribution is 2.44. The number of methoxy groups -OCH3 is 1. The normalized spacial score (nSPS) is 14.8. The van der Waals surface area contributed by atoms with Gasteiger partial charge in [-0.2, -0.15) is 0 Å². The molecule has 0 saturated heterocycles. The van der Waals surface area contributed by atoms with Crippen molar-refractivity contribution in [2.75, 3.05) is 7.11 Å². The molecule has 1 atom stereocenters. The molecule has 11 rings (SSSR count). The molecule has 0 saturated carbocycles. The van der Waals surface area contributed by atoms with E-state index in [9.17, 15) is 0 Å². The van der Waals surface area contributed by atoms with Crippen molar-refractivity contribution in [1.29, 1.82) is 0 Å². The highest BCUT2D eigenvalue weighted by molar-refractivity contribution is 5.94. The number of pyridine rings is 2. The Morgan fingerprint density at radius 3 is 1.29 bits per heavy atom. The summed E-state index contributed by atoms with van der Waals surface area (Å²) in [5.41, 5.74) is 22.8. The zero-order valence-electron chi connectivity index (χ0n) is 39.9. The standard InChI is InChI=1S/C64H49N2O.C2H6/c1-43-16-18-47(19-17-43)62-32-26-49(41-65-62)57-11-5-8-14-60(57)52-38-51(59-13-7-4-10-56(59)46-34-36-64(2,37-35-46)54-28-30-55(67-3)31-29-54)39-53(40-52)61-15-9-6-12-58(61)50-27-33-63(66-42-50)48-24-22-45(23-25-48)44-20-21-44;1-2/h4-36,38-42H,37H2,1-3H3;1-2H3. The van der Waals surface area contributed by atoms with Crippen LogP contribution in [0.15, 0.2) is 225 Å². The summed E-state index contributed by atoms with van der Waals surface area (Å²) in [6.45, 7) is 8.42. The number of allylic oxidation sites excluding steroid dienone is 6. The molecule has 335 valence electrons. The van der Waals surface area contributed by atoms with Gasteiger partial charge in [0.25, 0.3) is 0 Å². The predicted molar refractivity (Wildman–Crippen MR) is 291 cm³/mol. The smallest absolute Gasteiger partial charge is 0.118 e. The summed E-state index contributed by atoms with van der Waals surface area (Å²) in [5.74, 6) is 0.869. The molecule has 2 aromatic heterocycles. The summed E-state index contributed by atoms with van der Waals surface area (Å²) in [4.78, 5) is 9.99. The molecule has 0 amide bonds. The van der Waals surface area contributed by atoms with Crippen LogP contribution in [0.1, 0.15) is 49.4 Å². The number of benzene rings is 7. The van der Waals surface area contributed by atoms with Gasteiger partial charge in [-0.25, -0.2) is 0 Å². The summed E-state index contributed by atoms with van der Waals surface area (Å²) >= 11 is 0. The lowest BCUT2D eigenvalue weighted by atomic mass is 9.75. The van der Waals surface area contributed by atoms with Gasteiger partial charge in [0.1, 0.15) is 5.75 Å². The fourth-order valence-electron chi connectivity index (χ4n) is 9.41. The summed E-state index contributed by atoms with van der Waals surface area (Å²) in [5, 5.41) is 0. The van der Waals surface area contributed by atoms with Crippen molar-refractivity contribution >= 4 is 11.1 Å². The Kier molecular flexibility index (Phi) is 12.7. The predicted octanol–water partition coefficient (Wildman–Crippen LogP) is 17.4. The van der Waals surface area contributed by atoms with Gasteiger partial charge in [-0.1, -0.05) is 196 Å². The van der Waals surface area contributed by atoms with E-state index in [1.54, 1.807) is 7.11 Å². The van der Waals surface area contributed by atoms with E-state index in [1.165, 1.54) is 39.0 Å². The highest BCUT2D eigenvalue weighted by Gasteiger charge is 2.26. The second-order valence-electron chi connectivity index (χ2n) is 17.9. The van der Waals surface area contributed by atoms with Gasteiger partial charge in [-0.15, -0.1) is 0 Å². The van der Waals surface area contributed by atoms with E-state index in [0.29, 0.717) is 0 Å². The van der Waals surface area contributed by atoms with Crippen LogP contribution in [-0.2, 0) is 5.41 Å². The Balaban J connectivity index is 0.00000273. The molecular formula is C66H55N2O. The van der Waals surface area contributed by atoms with E-state index in [-0.39, 0.29) is 5.41 Å². The molecule has 2 aliphatic carbocycles. The molecule has 3 nitrogen and oxygen atoms in total. The number of ether oxygens (including phenoxy) is 1. The van der Waals surface area contributed by atoms with Crippen molar-refractivity contribution in [3.8, 4) is 83.9 Å². The van der Waals surface area contributed by atoms with Crippen LogP contribution in [0.3, 0.4) is 0 Å². The number of aromatic nitrogens is 2. The zero-order valence-corrected chi connectivity index (χ0v) is 39.9. The van der Waals surface area contributed by atoms with Crippen LogP contribution in [0.2, 0.25) is 0 Å². The van der Waals surface area contributed by atoms with E-state index < -0.39 is 0 Å². The molecule has 7 aromatic carbocycles. The van der Waals surface area contributed by atoms with Crippen LogP contribution in [-0.4, -0.2) is 17.1 Å². The molecule has 2 aliphatic rings. The molecule has 0 spiro atoms. The van der Waals surface area contributed by atoms with Gasteiger partial charge in [0.2, 0.25) is 0 Å². The van der Waals surface area contributed by atoms with Crippen LogP contribution in [0.4, 0.5) is 0 Å². The number of hydrogen-bond donors (Lipinski definition) is 0. The van der Waals surface area contributed by atoms with Gasteiger partial charge in [-0.3, -0.25) is 9.97 Å². The van der Waals surface area contributed by atoms with Crippen LogP contribution >= 0.6 is 0 Å². The number of aryl methyl sites for hydroxylation is 1. The molecular weight excluding hydrogens is 837 g/mol. The minimum absolute atomic E-state index is 0.122. The van der Waals surface area contributed by atoms with E-state index >= 15 is 0 Å². The van der Waals surface area contributed by atoms with E-state index in [0.717, 1.165) is 84.8 Å². The van der Waals surface area contributed by atoms with Crippen molar-refractivity contribution in [2.45, 2.75) is 39.5 Å². The lowest BCUT2D eigenvalue weighted by Gasteiger charge is -2.29. The first-order valence-corrected chi connectivity index (χ1v) is 24.0. The SMILES string of the molecule is CC.COc1ccc(C2(C)C=CC(c3ccccc3-c3cc(-c4ccccc4-c4ccc(-c5ccc(C)cc5)nc4)cc(-c4ccccc4-c4ccc(-c5ccc(C6=C[CH]6)cc5)nc4)c3)=CC2)cc1. The molecule has 2 heterocycles. The molecule has 3 heteroatoms. The Morgan fingerprint density at radius 1 is 0.449 bits per heavy atom. The van der Waals surface area contributed by atoms with Crippen molar-refractivity contribution < 1.29 is 4.74 Å². The molecule has 9 aromatic rings. The largest absolute Gasteiger partial charge is 0.497 e. The summed E-state index contributed by atoms with van der Waals surface area (Å²) in [6.07, 6.45) is 16.3. The average molecular weight is 892 g/mol.